The minimum absolute atomic E-state index is 0.107. The lowest BCUT2D eigenvalue weighted by molar-refractivity contribution is 0.266. The molecule has 21 heavy (non-hydrogen) atoms. The SMILES string of the molecule is Cn1c(CO)nnc1SCc1csc(-c2ccccn2)n1. The van der Waals surface area contributed by atoms with Crippen LogP contribution in [0.3, 0.4) is 0 Å². The van der Waals surface area contributed by atoms with Crippen LogP contribution >= 0.6 is 23.1 Å². The first kappa shape index (κ1) is 14.2. The van der Waals surface area contributed by atoms with Gasteiger partial charge in [0.25, 0.3) is 0 Å². The molecule has 0 fully saturated rings. The molecule has 0 aliphatic heterocycles. The Morgan fingerprint density at radius 2 is 2.24 bits per heavy atom. The fraction of sp³-hybridized carbons (Fsp3) is 0.231. The lowest BCUT2D eigenvalue weighted by Crippen LogP contribution is -1.98. The quantitative estimate of drug-likeness (QED) is 0.726. The summed E-state index contributed by atoms with van der Waals surface area (Å²) in [6.45, 7) is -0.107. The fourth-order valence-corrected chi connectivity index (χ4v) is 3.45. The van der Waals surface area contributed by atoms with Gasteiger partial charge in [-0.15, -0.1) is 21.5 Å². The predicted octanol–water partition coefficient (Wildman–Crippen LogP) is 2.12. The molecule has 3 aromatic heterocycles. The number of hydrogen-bond donors (Lipinski definition) is 1. The van der Waals surface area contributed by atoms with Gasteiger partial charge in [-0.3, -0.25) is 4.98 Å². The Labute approximate surface area is 129 Å². The molecule has 0 amide bonds. The van der Waals surface area contributed by atoms with E-state index in [1.165, 1.54) is 0 Å². The number of hydrogen-bond acceptors (Lipinski definition) is 7. The molecule has 0 atom stereocenters. The van der Waals surface area contributed by atoms with Crippen LogP contribution < -0.4 is 0 Å². The number of thiazole rings is 1. The van der Waals surface area contributed by atoms with Gasteiger partial charge in [0.15, 0.2) is 11.0 Å². The average Bonchev–Trinajstić information content (AvgIpc) is 3.13. The summed E-state index contributed by atoms with van der Waals surface area (Å²) in [7, 11) is 1.84. The monoisotopic (exact) mass is 319 g/mol. The highest BCUT2D eigenvalue weighted by Crippen LogP contribution is 2.26. The highest BCUT2D eigenvalue weighted by Gasteiger charge is 2.10. The van der Waals surface area contributed by atoms with Crippen LogP contribution in [0.4, 0.5) is 0 Å². The van der Waals surface area contributed by atoms with Gasteiger partial charge in [0.1, 0.15) is 11.6 Å². The molecule has 0 aromatic carbocycles. The molecule has 0 unspecified atom stereocenters. The molecule has 3 rings (SSSR count). The highest BCUT2D eigenvalue weighted by atomic mass is 32.2. The van der Waals surface area contributed by atoms with E-state index in [0.29, 0.717) is 11.6 Å². The van der Waals surface area contributed by atoms with Crippen LogP contribution in [-0.2, 0) is 19.4 Å². The average molecular weight is 319 g/mol. The Balaban J connectivity index is 1.69. The maximum atomic E-state index is 9.10. The number of nitrogens with zero attached hydrogens (tertiary/aromatic N) is 5. The third kappa shape index (κ3) is 3.12. The summed E-state index contributed by atoms with van der Waals surface area (Å²) >= 11 is 3.13. The van der Waals surface area contributed by atoms with Gasteiger partial charge in [-0.1, -0.05) is 17.8 Å². The molecule has 0 aliphatic rings. The molecule has 8 heteroatoms. The number of pyridine rings is 1. The Hall–Kier alpha value is -1.77. The van der Waals surface area contributed by atoms with Crippen molar-refractivity contribution in [1.82, 2.24) is 24.7 Å². The van der Waals surface area contributed by atoms with Crippen LogP contribution in [0.25, 0.3) is 10.7 Å². The van der Waals surface area contributed by atoms with Crippen molar-refractivity contribution >= 4 is 23.1 Å². The Kier molecular flexibility index (Phi) is 4.28. The van der Waals surface area contributed by atoms with E-state index in [9.17, 15) is 0 Å². The molecular formula is C13H13N5OS2. The van der Waals surface area contributed by atoms with Gasteiger partial charge in [-0.05, 0) is 12.1 Å². The number of rotatable bonds is 5. The second-order valence-electron chi connectivity index (χ2n) is 4.26. The first-order valence-electron chi connectivity index (χ1n) is 6.25. The van der Waals surface area contributed by atoms with E-state index in [0.717, 1.165) is 21.6 Å². The van der Waals surface area contributed by atoms with Crippen molar-refractivity contribution in [3.63, 3.8) is 0 Å². The zero-order valence-corrected chi connectivity index (χ0v) is 12.9. The molecule has 1 N–H and O–H groups in total. The van der Waals surface area contributed by atoms with Gasteiger partial charge in [0.05, 0.1) is 11.4 Å². The zero-order chi connectivity index (χ0) is 14.7. The Morgan fingerprint density at radius 3 is 2.95 bits per heavy atom. The molecule has 3 heterocycles. The number of aliphatic hydroxyl groups is 1. The molecule has 108 valence electrons. The second kappa shape index (κ2) is 6.33. The Morgan fingerprint density at radius 1 is 1.33 bits per heavy atom. The fourth-order valence-electron chi connectivity index (χ4n) is 1.73. The Bertz CT molecular complexity index is 725. The normalized spacial score (nSPS) is 11.0. The van der Waals surface area contributed by atoms with Gasteiger partial charge < -0.3 is 9.67 Å². The molecule has 3 aromatic rings. The van der Waals surface area contributed by atoms with Crippen molar-refractivity contribution in [2.24, 2.45) is 7.05 Å². The summed E-state index contributed by atoms with van der Waals surface area (Å²) in [5.41, 5.74) is 1.87. The van der Waals surface area contributed by atoms with E-state index in [2.05, 4.69) is 20.2 Å². The van der Waals surface area contributed by atoms with E-state index < -0.39 is 0 Å². The summed E-state index contributed by atoms with van der Waals surface area (Å²) in [6.07, 6.45) is 1.77. The van der Waals surface area contributed by atoms with Gasteiger partial charge >= 0.3 is 0 Å². The van der Waals surface area contributed by atoms with E-state index in [4.69, 9.17) is 5.11 Å². The zero-order valence-electron chi connectivity index (χ0n) is 11.3. The molecule has 0 saturated carbocycles. The second-order valence-corrected chi connectivity index (χ2v) is 6.06. The van der Waals surface area contributed by atoms with Crippen LogP contribution in [0.5, 0.6) is 0 Å². The summed E-state index contributed by atoms with van der Waals surface area (Å²) < 4.78 is 1.79. The summed E-state index contributed by atoms with van der Waals surface area (Å²) in [5.74, 6) is 1.27. The largest absolute Gasteiger partial charge is 0.388 e. The van der Waals surface area contributed by atoms with Crippen LogP contribution in [0.15, 0.2) is 34.9 Å². The lowest BCUT2D eigenvalue weighted by Gasteiger charge is -2.00. The van der Waals surface area contributed by atoms with Crippen LogP contribution in [0.1, 0.15) is 11.5 Å². The summed E-state index contributed by atoms with van der Waals surface area (Å²) in [5, 5.41) is 20.8. The van der Waals surface area contributed by atoms with Crippen LogP contribution in [0.2, 0.25) is 0 Å². The topological polar surface area (TPSA) is 76.7 Å². The molecule has 0 spiro atoms. The van der Waals surface area contributed by atoms with Crippen molar-refractivity contribution in [2.45, 2.75) is 17.5 Å². The van der Waals surface area contributed by atoms with E-state index in [1.54, 1.807) is 33.9 Å². The number of aromatic nitrogens is 5. The van der Waals surface area contributed by atoms with Gasteiger partial charge in [-0.2, -0.15) is 0 Å². The predicted molar refractivity (Wildman–Crippen MR) is 81.8 cm³/mol. The van der Waals surface area contributed by atoms with Crippen molar-refractivity contribution in [3.8, 4) is 10.7 Å². The maximum Gasteiger partial charge on any atom is 0.191 e. The molecule has 0 bridgehead atoms. The maximum absolute atomic E-state index is 9.10. The van der Waals surface area contributed by atoms with Crippen LogP contribution in [0, 0.1) is 0 Å². The van der Waals surface area contributed by atoms with Crippen molar-refractivity contribution in [3.05, 3.63) is 41.3 Å². The summed E-state index contributed by atoms with van der Waals surface area (Å²) in [4.78, 5) is 8.88. The third-order valence-electron chi connectivity index (χ3n) is 2.85. The smallest absolute Gasteiger partial charge is 0.191 e. The first-order valence-corrected chi connectivity index (χ1v) is 8.12. The van der Waals surface area contributed by atoms with Crippen LogP contribution in [-0.4, -0.2) is 29.8 Å². The lowest BCUT2D eigenvalue weighted by atomic mass is 10.4. The molecule has 0 radical (unpaired) electrons. The minimum atomic E-state index is -0.107. The highest BCUT2D eigenvalue weighted by molar-refractivity contribution is 7.98. The minimum Gasteiger partial charge on any atom is -0.388 e. The van der Waals surface area contributed by atoms with Gasteiger partial charge in [-0.25, -0.2) is 4.98 Å². The third-order valence-corrected chi connectivity index (χ3v) is 4.82. The van der Waals surface area contributed by atoms with E-state index in [-0.39, 0.29) is 6.61 Å². The van der Waals surface area contributed by atoms with Gasteiger partial charge in [0, 0.05) is 24.4 Å². The van der Waals surface area contributed by atoms with Crippen molar-refractivity contribution in [2.75, 3.05) is 0 Å². The molecule has 0 aliphatic carbocycles. The van der Waals surface area contributed by atoms with E-state index >= 15 is 0 Å². The van der Waals surface area contributed by atoms with Crippen molar-refractivity contribution in [1.29, 1.82) is 0 Å². The number of thioether (sulfide) groups is 1. The van der Waals surface area contributed by atoms with Gasteiger partial charge in [0.2, 0.25) is 0 Å². The first-order chi connectivity index (χ1) is 10.3. The van der Waals surface area contributed by atoms with E-state index in [1.807, 2.05) is 30.6 Å². The number of aliphatic hydroxyl groups excluding tert-OH is 1. The molecule has 0 saturated heterocycles. The molecule has 6 nitrogen and oxygen atoms in total. The van der Waals surface area contributed by atoms with Crippen molar-refractivity contribution < 1.29 is 5.11 Å². The molecular weight excluding hydrogens is 306 g/mol. The summed E-state index contributed by atoms with van der Waals surface area (Å²) in [6, 6.07) is 5.79. The standard InChI is InChI=1S/C13H13N5OS2/c1-18-11(6-19)16-17-13(18)21-8-9-7-20-12(15-9)10-4-2-3-5-14-10/h2-5,7,19H,6,8H2,1H3.